The number of carbonyl (C=O) groups excluding carboxylic acids is 2. The number of nitrogens with one attached hydrogen (secondary N) is 3. The number of ether oxygens (including phenoxy) is 2. The van der Waals surface area contributed by atoms with Crippen molar-refractivity contribution in [3.63, 3.8) is 0 Å². The molecule has 0 atom stereocenters. The maximum absolute atomic E-state index is 12.4. The summed E-state index contributed by atoms with van der Waals surface area (Å²) in [6, 6.07) is 14.2. The van der Waals surface area contributed by atoms with Crippen LogP contribution in [0.3, 0.4) is 0 Å². The van der Waals surface area contributed by atoms with Crippen LogP contribution in [0.2, 0.25) is 0 Å². The summed E-state index contributed by atoms with van der Waals surface area (Å²) in [7, 11) is 1.60. The highest BCUT2D eigenvalue weighted by atomic mass is 32.1. The van der Waals surface area contributed by atoms with Crippen LogP contribution in [0.5, 0.6) is 11.5 Å². The molecule has 2 aromatic carbocycles. The van der Waals surface area contributed by atoms with Gasteiger partial charge < -0.3 is 9.47 Å². The molecule has 0 spiro atoms. The molecule has 0 aliphatic heterocycles. The largest absolute Gasteiger partial charge is 0.497 e. The van der Waals surface area contributed by atoms with Crippen molar-refractivity contribution in [3.05, 3.63) is 58.9 Å². The third-order valence-corrected chi connectivity index (χ3v) is 5.68. The van der Waals surface area contributed by atoms with E-state index >= 15 is 0 Å². The number of nitrogens with zero attached hydrogens (tertiary/aromatic N) is 2. The monoisotopic (exact) mass is 497 g/mol. The van der Waals surface area contributed by atoms with Gasteiger partial charge in [-0.3, -0.25) is 30.1 Å². The minimum Gasteiger partial charge on any atom is -0.497 e. The number of rotatable bonds is 12. The molecule has 9 nitrogen and oxygen atoms in total. The first-order valence-corrected chi connectivity index (χ1v) is 12.0. The highest BCUT2D eigenvalue weighted by molar-refractivity contribution is 7.71. The molecule has 1 aromatic heterocycles. The van der Waals surface area contributed by atoms with E-state index in [9.17, 15) is 9.59 Å². The fraction of sp³-hybridized carbons (Fsp3) is 0.360. The van der Waals surface area contributed by atoms with Crippen molar-refractivity contribution in [2.75, 3.05) is 13.7 Å². The van der Waals surface area contributed by atoms with Crippen LogP contribution in [0.4, 0.5) is 0 Å². The van der Waals surface area contributed by atoms with Crippen LogP contribution in [0.1, 0.15) is 49.4 Å². The number of hydrogen-bond donors (Lipinski definition) is 3. The van der Waals surface area contributed by atoms with Gasteiger partial charge in [-0.1, -0.05) is 26.2 Å². The van der Waals surface area contributed by atoms with Gasteiger partial charge in [0.25, 0.3) is 5.91 Å². The Morgan fingerprint density at radius 3 is 2.40 bits per heavy atom. The van der Waals surface area contributed by atoms with E-state index in [1.54, 1.807) is 35.9 Å². The van der Waals surface area contributed by atoms with E-state index < -0.39 is 5.91 Å². The van der Waals surface area contributed by atoms with Crippen LogP contribution >= 0.6 is 12.2 Å². The van der Waals surface area contributed by atoms with Crippen LogP contribution in [0.15, 0.2) is 48.5 Å². The Bertz CT molecular complexity index is 1160. The lowest BCUT2D eigenvalue weighted by Gasteiger charge is -2.10. The normalized spacial score (nSPS) is 10.6. The molecule has 3 rings (SSSR count). The molecular formula is C25H31N5O4S. The van der Waals surface area contributed by atoms with Crippen LogP contribution in [-0.4, -0.2) is 40.3 Å². The number of hydrazine groups is 1. The van der Waals surface area contributed by atoms with Crippen molar-refractivity contribution in [2.45, 2.75) is 45.6 Å². The van der Waals surface area contributed by atoms with Gasteiger partial charge in [0.1, 0.15) is 11.5 Å². The number of amides is 2. The molecule has 0 aliphatic rings. The van der Waals surface area contributed by atoms with Gasteiger partial charge in [0.15, 0.2) is 10.6 Å². The third kappa shape index (κ3) is 7.68. The lowest BCUT2D eigenvalue weighted by Crippen LogP contribution is -2.41. The van der Waals surface area contributed by atoms with Gasteiger partial charge in [0.05, 0.1) is 13.7 Å². The molecule has 35 heavy (non-hydrogen) atoms. The smallest absolute Gasteiger partial charge is 0.269 e. The Morgan fingerprint density at radius 2 is 1.71 bits per heavy atom. The average molecular weight is 498 g/mol. The zero-order valence-corrected chi connectivity index (χ0v) is 20.8. The Balaban J connectivity index is 1.46. The zero-order valence-electron chi connectivity index (χ0n) is 20.0. The Kier molecular flexibility index (Phi) is 9.85. The first-order valence-electron chi connectivity index (χ1n) is 11.6. The third-order valence-electron chi connectivity index (χ3n) is 5.37. The minimum absolute atomic E-state index is 0.0993. The van der Waals surface area contributed by atoms with Gasteiger partial charge in [-0.25, -0.2) is 0 Å². The van der Waals surface area contributed by atoms with Gasteiger partial charge in [-0.05, 0) is 67.2 Å². The molecular weight excluding hydrogens is 466 g/mol. The molecule has 0 fully saturated rings. The number of unbranched alkanes of at least 4 members (excludes halogenated alkanes) is 3. The highest BCUT2D eigenvalue weighted by Gasteiger charge is 2.12. The van der Waals surface area contributed by atoms with Crippen molar-refractivity contribution in [3.8, 4) is 22.9 Å². The molecule has 0 saturated heterocycles. The molecule has 10 heteroatoms. The van der Waals surface area contributed by atoms with Crippen LogP contribution in [-0.2, 0) is 11.3 Å². The number of methoxy groups -OCH3 is 1. The first-order chi connectivity index (χ1) is 17.0. The minimum atomic E-state index is -0.410. The number of carbonyl (C=O) groups is 2. The summed E-state index contributed by atoms with van der Waals surface area (Å²) in [5.41, 5.74) is 6.13. The molecule has 3 N–H and O–H groups in total. The van der Waals surface area contributed by atoms with Crippen molar-refractivity contribution in [1.82, 2.24) is 25.6 Å². The van der Waals surface area contributed by atoms with Crippen LogP contribution in [0, 0.1) is 4.77 Å². The molecule has 1 heterocycles. The summed E-state index contributed by atoms with van der Waals surface area (Å²) in [4.78, 5) is 24.7. The van der Waals surface area contributed by atoms with Crippen LogP contribution in [0.25, 0.3) is 11.4 Å². The Morgan fingerprint density at radius 1 is 1.00 bits per heavy atom. The number of aromatic nitrogens is 3. The Labute approximate surface area is 209 Å². The molecule has 3 aromatic rings. The van der Waals surface area contributed by atoms with Gasteiger partial charge >= 0.3 is 0 Å². The topological polar surface area (TPSA) is 110 Å². The second kappa shape index (κ2) is 13.3. The predicted octanol–water partition coefficient (Wildman–Crippen LogP) is 4.43. The fourth-order valence-corrected chi connectivity index (χ4v) is 3.60. The molecule has 0 unspecified atom stereocenters. The number of aromatic amines is 1. The fourth-order valence-electron chi connectivity index (χ4n) is 3.38. The lowest BCUT2D eigenvalue weighted by atomic mass is 10.2. The molecule has 0 aliphatic carbocycles. The van der Waals surface area contributed by atoms with Crippen molar-refractivity contribution in [1.29, 1.82) is 0 Å². The van der Waals surface area contributed by atoms with Gasteiger partial charge in [-0.2, -0.15) is 5.10 Å². The van der Waals surface area contributed by atoms with E-state index in [1.165, 1.54) is 12.8 Å². The van der Waals surface area contributed by atoms with E-state index in [1.807, 2.05) is 24.3 Å². The van der Waals surface area contributed by atoms with E-state index in [2.05, 4.69) is 28.0 Å². The quantitative estimate of drug-likeness (QED) is 0.194. The van der Waals surface area contributed by atoms with Gasteiger partial charge in [-0.15, -0.1) is 0 Å². The second-order valence-electron chi connectivity index (χ2n) is 7.92. The Hall–Kier alpha value is -3.66. The second-order valence-corrected chi connectivity index (χ2v) is 8.31. The molecule has 0 saturated carbocycles. The summed E-state index contributed by atoms with van der Waals surface area (Å²) < 4.78 is 13.0. The summed E-state index contributed by atoms with van der Waals surface area (Å²) in [5.74, 6) is 1.30. The zero-order chi connectivity index (χ0) is 25.0. The van der Waals surface area contributed by atoms with E-state index in [0.717, 1.165) is 24.2 Å². The lowest BCUT2D eigenvalue weighted by molar-refractivity contribution is -0.122. The van der Waals surface area contributed by atoms with Crippen molar-refractivity contribution in [2.24, 2.45) is 0 Å². The maximum atomic E-state index is 12.4. The summed E-state index contributed by atoms with van der Waals surface area (Å²) in [5, 5.41) is 7.02. The predicted molar refractivity (Wildman–Crippen MR) is 136 cm³/mol. The standard InChI is InChI=1S/C25H31N5O4S/c1-3-4-5-6-17-34-21-13-9-19(10-14-21)24(32)28-26-22(31)15-16-30-23(27-29-25(30)35)18-7-11-20(33-2)12-8-18/h7-14H,3-6,15-17H2,1-2H3,(H,26,31)(H,28,32)(H,29,35). The first kappa shape index (κ1) is 26.0. The summed E-state index contributed by atoms with van der Waals surface area (Å²) >= 11 is 5.31. The summed E-state index contributed by atoms with van der Waals surface area (Å²) in [6.45, 7) is 3.12. The molecule has 186 valence electrons. The average Bonchev–Trinajstić information content (AvgIpc) is 3.26. The van der Waals surface area contributed by atoms with Gasteiger partial charge in [0, 0.05) is 24.1 Å². The number of hydrogen-bond acceptors (Lipinski definition) is 6. The van der Waals surface area contributed by atoms with E-state index in [-0.39, 0.29) is 12.3 Å². The van der Waals surface area contributed by atoms with E-state index in [0.29, 0.717) is 35.1 Å². The van der Waals surface area contributed by atoms with Gasteiger partial charge in [0.2, 0.25) is 5.91 Å². The molecule has 2 amide bonds. The van der Waals surface area contributed by atoms with Crippen LogP contribution < -0.4 is 20.3 Å². The highest BCUT2D eigenvalue weighted by Crippen LogP contribution is 2.21. The van der Waals surface area contributed by atoms with Crippen molar-refractivity contribution >= 4 is 24.0 Å². The number of H-pyrrole nitrogens is 1. The number of benzene rings is 2. The van der Waals surface area contributed by atoms with Crippen molar-refractivity contribution < 1.29 is 19.1 Å². The van der Waals surface area contributed by atoms with E-state index in [4.69, 9.17) is 21.7 Å². The SMILES string of the molecule is CCCCCCOc1ccc(C(=O)NNC(=O)CCn2c(-c3ccc(OC)cc3)n[nH]c2=S)cc1. The molecule has 0 bridgehead atoms. The maximum Gasteiger partial charge on any atom is 0.269 e. The molecule has 0 radical (unpaired) electrons. The summed E-state index contributed by atoms with van der Waals surface area (Å²) in [6.07, 6.45) is 4.64.